The summed E-state index contributed by atoms with van der Waals surface area (Å²) in [5.41, 5.74) is 1.46. The largest absolute Gasteiger partial charge is 0.465 e. The Kier molecular flexibility index (Phi) is 6.87. The maximum atomic E-state index is 11.9. The number of nitrogens with one attached hydrogen (secondary N) is 2. The number of carbonyl (C=O) groups is 3. The molecule has 2 aromatic carbocycles. The zero-order valence-corrected chi connectivity index (χ0v) is 14.3. The minimum Gasteiger partial charge on any atom is -0.465 e. The number of aliphatic hydroxyl groups is 1. The Balaban J connectivity index is 1.78. The van der Waals surface area contributed by atoms with Crippen LogP contribution >= 0.6 is 0 Å². The van der Waals surface area contributed by atoms with E-state index in [4.69, 9.17) is 0 Å². The first-order chi connectivity index (χ1) is 12.5. The molecule has 7 heteroatoms. The summed E-state index contributed by atoms with van der Waals surface area (Å²) in [5, 5.41) is 14.9. The fraction of sp³-hybridized carbons (Fsp3) is 0.211. The summed E-state index contributed by atoms with van der Waals surface area (Å²) in [7, 11) is 1.27. The number of amides is 2. The van der Waals surface area contributed by atoms with Crippen molar-refractivity contribution in [2.24, 2.45) is 0 Å². The van der Waals surface area contributed by atoms with E-state index in [1.807, 2.05) is 18.2 Å². The van der Waals surface area contributed by atoms with E-state index in [0.717, 1.165) is 5.56 Å². The molecule has 1 atom stereocenters. The highest BCUT2D eigenvalue weighted by atomic mass is 16.5. The molecule has 0 heterocycles. The first-order valence-corrected chi connectivity index (χ1v) is 8.02. The van der Waals surface area contributed by atoms with Gasteiger partial charge in [-0.2, -0.15) is 0 Å². The fourth-order valence-corrected chi connectivity index (χ4v) is 2.24. The molecule has 0 bridgehead atoms. The smallest absolute Gasteiger partial charge is 0.337 e. The van der Waals surface area contributed by atoms with Gasteiger partial charge in [-0.3, -0.25) is 9.59 Å². The quantitative estimate of drug-likeness (QED) is 0.539. The monoisotopic (exact) mass is 356 g/mol. The van der Waals surface area contributed by atoms with Crippen molar-refractivity contribution in [3.05, 3.63) is 65.7 Å². The Labute approximate surface area is 151 Å². The van der Waals surface area contributed by atoms with Gasteiger partial charge in [0, 0.05) is 12.2 Å². The van der Waals surface area contributed by atoms with Crippen LogP contribution in [0.5, 0.6) is 0 Å². The van der Waals surface area contributed by atoms with Crippen LogP contribution in [0.4, 0.5) is 5.69 Å². The van der Waals surface area contributed by atoms with Crippen molar-refractivity contribution in [2.75, 3.05) is 19.0 Å². The standard InChI is InChI=1S/C19H20N2O5/c1-26-19(25)14-7-9-15(10-8-14)21-18(24)17(23)20-12-11-16(22)13-5-3-2-4-6-13/h2-10,16,22H,11-12H2,1H3,(H,20,23)(H,21,24)/t16-/m0/s1. The molecule has 0 saturated heterocycles. The van der Waals surface area contributed by atoms with E-state index in [-0.39, 0.29) is 13.0 Å². The summed E-state index contributed by atoms with van der Waals surface area (Å²) in [5.74, 6) is -2.12. The number of hydrogen-bond donors (Lipinski definition) is 3. The molecule has 3 N–H and O–H groups in total. The zero-order valence-electron chi connectivity index (χ0n) is 14.3. The van der Waals surface area contributed by atoms with Gasteiger partial charge in [0.15, 0.2) is 0 Å². The van der Waals surface area contributed by atoms with Crippen molar-refractivity contribution in [3.63, 3.8) is 0 Å². The Hall–Kier alpha value is -3.19. The normalized spacial score (nSPS) is 11.3. The van der Waals surface area contributed by atoms with Gasteiger partial charge in [-0.1, -0.05) is 30.3 Å². The lowest BCUT2D eigenvalue weighted by molar-refractivity contribution is -0.136. The van der Waals surface area contributed by atoms with Crippen molar-refractivity contribution in [1.29, 1.82) is 0 Å². The van der Waals surface area contributed by atoms with Crippen LogP contribution < -0.4 is 10.6 Å². The number of aliphatic hydroxyl groups excluding tert-OH is 1. The van der Waals surface area contributed by atoms with E-state index in [0.29, 0.717) is 11.3 Å². The van der Waals surface area contributed by atoms with Crippen molar-refractivity contribution < 1.29 is 24.2 Å². The van der Waals surface area contributed by atoms with Crippen molar-refractivity contribution in [1.82, 2.24) is 5.32 Å². The van der Waals surface area contributed by atoms with Gasteiger partial charge in [0.2, 0.25) is 0 Å². The van der Waals surface area contributed by atoms with E-state index in [9.17, 15) is 19.5 Å². The molecule has 136 valence electrons. The Morgan fingerprint density at radius 1 is 1.00 bits per heavy atom. The number of rotatable bonds is 6. The third kappa shape index (κ3) is 5.42. The average Bonchev–Trinajstić information content (AvgIpc) is 2.68. The molecule has 0 aliphatic heterocycles. The molecule has 0 aliphatic rings. The zero-order chi connectivity index (χ0) is 18.9. The van der Waals surface area contributed by atoms with Crippen molar-refractivity contribution in [3.8, 4) is 0 Å². The molecule has 0 radical (unpaired) electrons. The maximum absolute atomic E-state index is 11.9. The highest BCUT2D eigenvalue weighted by Gasteiger charge is 2.15. The molecule has 0 spiro atoms. The predicted molar refractivity (Wildman–Crippen MR) is 95.4 cm³/mol. The number of benzene rings is 2. The molecule has 0 aromatic heterocycles. The second kappa shape index (κ2) is 9.33. The second-order valence-corrected chi connectivity index (χ2v) is 5.49. The Bertz CT molecular complexity index is 759. The number of carbonyl (C=O) groups excluding carboxylic acids is 3. The van der Waals surface area contributed by atoms with Gasteiger partial charge < -0.3 is 20.5 Å². The highest BCUT2D eigenvalue weighted by Crippen LogP contribution is 2.15. The lowest BCUT2D eigenvalue weighted by Gasteiger charge is -2.11. The van der Waals surface area contributed by atoms with Gasteiger partial charge in [0.05, 0.1) is 18.8 Å². The van der Waals surface area contributed by atoms with Gasteiger partial charge in [-0.15, -0.1) is 0 Å². The number of anilines is 1. The molecule has 2 aromatic rings. The molecule has 0 fully saturated rings. The van der Waals surface area contributed by atoms with E-state index in [2.05, 4.69) is 15.4 Å². The number of esters is 1. The maximum Gasteiger partial charge on any atom is 0.337 e. The van der Waals surface area contributed by atoms with Crippen LogP contribution in [0.2, 0.25) is 0 Å². The van der Waals surface area contributed by atoms with Crippen LogP contribution in [0, 0.1) is 0 Å². The Morgan fingerprint density at radius 2 is 1.65 bits per heavy atom. The molecular weight excluding hydrogens is 336 g/mol. The molecule has 0 unspecified atom stereocenters. The topological polar surface area (TPSA) is 105 Å². The summed E-state index contributed by atoms with van der Waals surface area (Å²) in [6, 6.07) is 15.0. The van der Waals surface area contributed by atoms with E-state index in [1.54, 1.807) is 12.1 Å². The van der Waals surface area contributed by atoms with Crippen molar-refractivity contribution >= 4 is 23.5 Å². The number of methoxy groups -OCH3 is 1. The van der Waals surface area contributed by atoms with E-state index >= 15 is 0 Å². The van der Waals surface area contributed by atoms with Crippen molar-refractivity contribution in [2.45, 2.75) is 12.5 Å². The molecular formula is C19H20N2O5. The van der Waals surface area contributed by atoms with E-state index in [1.165, 1.54) is 31.4 Å². The molecule has 2 rings (SSSR count). The van der Waals surface area contributed by atoms with Crippen LogP contribution in [-0.2, 0) is 14.3 Å². The predicted octanol–water partition coefficient (Wildman–Crippen LogP) is 1.65. The summed E-state index contributed by atoms with van der Waals surface area (Å²) in [6.45, 7) is 0.156. The summed E-state index contributed by atoms with van der Waals surface area (Å²) >= 11 is 0. The van der Waals surface area contributed by atoms with Crippen LogP contribution in [-0.4, -0.2) is 36.5 Å². The first-order valence-electron chi connectivity index (χ1n) is 8.02. The average molecular weight is 356 g/mol. The van der Waals surface area contributed by atoms with Crippen LogP contribution in [0.15, 0.2) is 54.6 Å². The van der Waals surface area contributed by atoms with Crippen LogP contribution in [0.3, 0.4) is 0 Å². The molecule has 7 nitrogen and oxygen atoms in total. The molecule has 0 saturated carbocycles. The van der Waals surface area contributed by atoms with Gasteiger partial charge in [-0.05, 0) is 36.2 Å². The van der Waals surface area contributed by atoms with E-state index < -0.39 is 23.9 Å². The van der Waals surface area contributed by atoms with Crippen LogP contribution in [0.25, 0.3) is 0 Å². The minimum absolute atomic E-state index is 0.156. The Morgan fingerprint density at radius 3 is 2.27 bits per heavy atom. The fourth-order valence-electron chi connectivity index (χ4n) is 2.24. The summed E-state index contributed by atoms with van der Waals surface area (Å²) in [6.07, 6.45) is -0.429. The number of hydrogen-bond acceptors (Lipinski definition) is 5. The minimum atomic E-state index is -0.829. The highest BCUT2D eigenvalue weighted by molar-refractivity contribution is 6.39. The first kappa shape index (κ1) is 19.1. The summed E-state index contributed by atoms with van der Waals surface area (Å²) in [4.78, 5) is 35.0. The molecule has 26 heavy (non-hydrogen) atoms. The SMILES string of the molecule is COC(=O)c1ccc(NC(=O)C(=O)NCC[C@H](O)c2ccccc2)cc1. The summed E-state index contributed by atoms with van der Waals surface area (Å²) < 4.78 is 4.58. The van der Waals surface area contributed by atoms with Gasteiger partial charge in [0.1, 0.15) is 0 Å². The van der Waals surface area contributed by atoms with Gasteiger partial charge >= 0.3 is 17.8 Å². The van der Waals surface area contributed by atoms with Gasteiger partial charge in [0.25, 0.3) is 0 Å². The third-order valence-corrected chi connectivity index (χ3v) is 3.66. The number of ether oxygens (including phenoxy) is 1. The second-order valence-electron chi connectivity index (χ2n) is 5.49. The van der Waals surface area contributed by atoms with Gasteiger partial charge in [-0.25, -0.2) is 4.79 Å². The lowest BCUT2D eigenvalue weighted by atomic mass is 10.1. The van der Waals surface area contributed by atoms with Crippen LogP contribution in [0.1, 0.15) is 28.4 Å². The molecule has 2 amide bonds. The molecule has 0 aliphatic carbocycles. The lowest BCUT2D eigenvalue weighted by Crippen LogP contribution is -2.36. The third-order valence-electron chi connectivity index (χ3n) is 3.66.